The summed E-state index contributed by atoms with van der Waals surface area (Å²) in [6.45, 7) is 0.632. The second-order valence-corrected chi connectivity index (χ2v) is 4.72. The maximum absolute atomic E-state index is 11.8. The summed E-state index contributed by atoms with van der Waals surface area (Å²) in [5.74, 6) is 0.652. The van der Waals surface area contributed by atoms with E-state index in [-0.39, 0.29) is 18.1 Å². The number of nitrogens with zero attached hydrogens (tertiary/aromatic N) is 2. The molecule has 3 rings (SSSR count). The second-order valence-electron chi connectivity index (χ2n) is 4.72. The first-order chi connectivity index (χ1) is 8.83. The van der Waals surface area contributed by atoms with Crippen LogP contribution in [0.2, 0.25) is 0 Å². The highest BCUT2D eigenvalue weighted by molar-refractivity contribution is 5.88. The van der Waals surface area contributed by atoms with Gasteiger partial charge in [-0.2, -0.15) is 5.10 Å². The molecule has 1 aromatic rings. The standard InChI is InChI=1S/C12H16N4O2/c17-10(6-8-2-1-3-8)15-9-4-5-18-11(9)12-13-7-14-16-12/h6-7,9,11H,1-5H2,(H,15,17)(H,13,14,16)/t9-,11+/m0/s1. The number of amides is 1. The minimum atomic E-state index is -0.212. The van der Waals surface area contributed by atoms with Gasteiger partial charge in [0, 0.05) is 12.7 Å². The molecule has 2 aliphatic rings. The van der Waals surface area contributed by atoms with Gasteiger partial charge in [-0.15, -0.1) is 0 Å². The summed E-state index contributed by atoms with van der Waals surface area (Å²) in [4.78, 5) is 15.9. The third-order valence-electron chi connectivity index (χ3n) is 3.45. The molecule has 96 valence electrons. The Kier molecular flexibility index (Phi) is 3.10. The number of carbonyl (C=O) groups is 1. The molecule has 1 aliphatic carbocycles. The van der Waals surface area contributed by atoms with Crippen molar-refractivity contribution >= 4 is 5.91 Å². The lowest BCUT2D eigenvalue weighted by molar-refractivity contribution is -0.117. The zero-order valence-corrected chi connectivity index (χ0v) is 10.1. The van der Waals surface area contributed by atoms with Crippen molar-refractivity contribution in [3.63, 3.8) is 0 Å². The van der Waals surface area contributed by atoms with Crippen molar-refractivity contribution in [1.29, 1.82) is 0 Å². The summed E-state index contributed by atoms with van der Waals surface area (Å²) in [6.07, 6.45) is 7.08. The Morgan fingerprint density at radius 2 is 2.44 bits per heavy atom. The monoisotopic (exact) mass is 248 g/mol. The van der Waals surface area contributed by atoms with E-state index in [0.717, 1.165) is 19.3 Å². The van der Waals surface area contributed by atoms with Crippen molar-refractivity contribution in [1.82, 2.24) is 20.5 Å². The van der Waals surface area contributed by atoms with Gasteiger partial charge >= 0.3 is 0 Å². The lowest BCUT2D eigenvalue weighted by atomic mass is 9.92. The molecule has 0 aromatic carbocycles. The molecule has 6 nitrogen and oxygen atoms in total. The van der Waals surface area contributed by atoms with Crippen molar-refractivity contribution in [2.75, 3.05) is 6.61 Å². The van der Waals surface area contributed by atoms with Crippen LogP contribution in [0.1, 0.15) is 37.6 Å². The lowest BCUT2D eigenvalue weighted by Crippen LogP contribution is -2.36. The van der Waals surface area contributed by atoms with Crippen LogP contribution in [0.3, 0.4) is 0 Å². The summed E-state index contributed by atoms with van der Waals surface area (Å²) < 4.78 is 5.59. The number of H-pyrrole nitrogens is 1. The molecule has 18 heavy (non-hydrogen) atoms. The van der Waals surface area contributed by atoms with Crippen LogP contribution in [0.15, 0.2) is 18.0 Å². The first kappa shape index (κ1) is 11.4. The maximum atomic E-state index is 11.8. The van der Waals surface area contributed by atoms with Crippen molar-refractivity contribution in [2.45, 2.75) is 37.8 Å². The fourth-order valence-electron chi connectivity index (χ4n) is 2.29. The van der Waals surface area contributed by atoms with Gasteiger partial charge < -0.3 is 10.1 Å². The van der Waals surface area contributed by atoms with Crippen LogP contribution in [-0.2, 0) is 9.53 Å². The van der Waals surface area contributed by atoms with E-state index in [1.54, 1.807) is 6.08 Å². The Labute approximate surface area is 105 Å². The van der Waals surface area contributed by atoms with Crippen molar-refractivity contribution in [3.05, 3.63) is 23.8 Å². The highest BCUT2D eigenvalue weighted by Gasteiger charge is 2.32. The van der Waals surface area contributed by atoms with E-state index in [1.165, 1.54) is 18.3 Å². The zero-order valence-electron chi connectivity index (χ0n) is 10.1. The Hall–Kier alpha value is -1.69. The number of hydrogen-bond donors (Lipinski definition) is 2. The van der Waals surface area contributed by atoms with Gasteiger partial charge in [-0.3, -0.25) is 9.89 Å². The van der Waals surface area contributed by atoms with Gasteiger partial charge in [0.1, 0.15) is 12.4 Å². The average Bonchev–Trinajstić information content (AvgIpc) is 2.92. The minimum absolute atomic E-state index is 0.0234. The number of aromatic nitrogens is 3. The molecule has 1 aliphatic heterocycles. The summed E-state index contributed by atoms with van der Waals surface area (Å²) in [7, 11) is 0. The number of hydrogen-bond acceptors (Lipinski definition) is 4. The number of aromatic amines is 1. The van der Waals surface area contributed by atoms with E-state index in [0.29, 0.717) is 12.4 Å². The normalized spacial score (nSPS) is 26.8. The van der Waals surface area contributed by atoms with Crippen LogP contribution in [0.25, 0.3) is 0 Å². The topological polar surface area (TPSA) is 79.9 Å². The van der Waals surface area contributed by atoms with E-state index in [1.807, 2.05) is 0 Å². The largest absolute Gasteiger partial charge is 0.368 e. The predicted molar refractivity (Wildman–Crippen MR) is 63.6 cm³/mol. The van der Waals surface area contributed by atoms with E-state index in [4.69, 9.17) is 4.74 Å². The average molecular weight is 248 g/mol. The van der Waals surface area contributed by atoms with Crippen LogP contribution in [0, 0.1) is 0 Å². The Balaban J connectivity index is 1.63. The van der Waals surface area contributed by atoms with Crippen LogP contribution in [-0.4, -0.2) is 33.7 Å². The zero-order chi connectivity index (χ0) is 12.4. The summed E-state index contributed by atoms with van der Waals surface area (Å²) in [5.41, 5.74) is 1.24. The highest BCUT2D eigenvalue weighted by atomic mass is 16.5. The molecule has 2 fully saturated rings. The Morgan fingerprint density at radius 1 is 1.56 bits per heavy atom. The fourth-order valence-corrected chi connectivity index (χ4v) is 2.29. The van der Waals surface area contributed by atoms with Crippen LogP contribution in [0.4, 0.5) is 0 Å². The van der Waals surface area contributed by atoms with Crippen LogP contribution >= 0.6 is 0 Å². The highest BCUT2D eigenvalue weighted by Crippen LogP contribution is 2.27. The third-order valence-corrected chi connectivity index (χ3v) is 3.45. The first-order valence-corrected chi connectivity index (χ1v) is 6.30. The van der Waals surface area contributed by atoms with Crippen molar-refractivity contribution < 1.29 is 9.53 Å². The number of carbonyl (C=O) groups excluding carboxylic acids is 1. The number of nitrogens with one attached hydrogen (secondary N) is 2. The molecular weight excluding hydrogens is 232 g/mol. The first-order valence-electron chi connectivity index (χ1n) is 6.30. The Bertz CT molecular complexity index is 449. The summed E-state index contributed by atoms with van der Waals surface area (Å²) in [6, 6.07) is -0.0256. The molecule has 2 atom stereocenters. The minimum Gasteiger partial charge on any atom is -0.368 e. The smallest absolute Gasteiger partial charge is 0.244 e. The van der Waals surface area contributed by atoms with Gasteiger partial charge in [0.2, 0.25) is 5.91 Å². The Morgan fingerprint density at radius 3 is 3.11 bits per heavy atom. The molecule has 0 bridgehead atoms. The summed E-state index contributed by atoms with van der Waals surface area (Å²) in [5, 5.41) is 9.59. The van der Waals surface area contributed by atoms with Gasteiger partial charge in [-0.25, -0.2) is 4.98 Å². The maximum Gasteiger partial charge on any atom is 0.244 e. The van der Waals surface area contributed by atoms with Crippen LogP contribution in [0.5, 0.6) is 0 Å². The molecule has 0 spiro atoms. The van der Waals surface area contributed by atoms with E-state index < -0.39 is 0 Å². The van der Waals surface area contributed by atoms with E-state index >= 15 is 0 Å². The molecule has 1 aromatic heterocycles. The molecule has 2 heterocycles. The molecule has 2 N–H and O–H groups in total. The number of rotatable bonds is 3. The SMILES string of the molecule is O=C(C=C1CCC1)N[C@H]1CCO[C@H]1c1ncn[nH]1. The van der Waals surface area contributed by atoms with Gasteiger partial charge in [-0.1, -0.05) is 5.57 Å². The predicted octanol–water partition coefficient (Wildman–Crippen LogP) is 0.861. The van der Waals surface area contributed by atoms with E-state index in [2.05, 4.69) is 20.5 Å². The van der Waals surface area contributed by atoms with Crippen molar-refractivity contribution in [3.8, 4) is 0 Å². The molecule has 0 unspecified atom stereocenters. The fraction of sp³-hybridized carbons (Fsp3) is 0.583. The van der Waals surface area contributed by atoms with Crippen LogP contribution < -0.4 is 5.32 Å². The third kappa shape index (κ3) is 2.28. The summed E-state index contributed by atoms with van der Waals surface area (Å²) >= 11 is 0. The quantitative estimate of drug-likeness (QED) is 0.777. The second kappa shape index (κ2) is 4.89. The van der Waals surface area contributed by atoms with Gasteiger partial charge in [0.05, 0.1) is 6.04 Å². The molecule has 1 amide bonds. The van der Waals surface area contributed by atoms with Gasteiger partial charge in [0.25, 0.3) is 0 Å². The van der Waals surface area contributed by atoms with Gasteiger partial charge in [0.15, 0.2) is 5.82 Å². The van der Waals surface area contributed by atoms with Gasteiger partial charge in [-0.05, 0) is 25.7 Å². The molecule has 1 saturated heterocycles. The number of allylic oxidation sites excluding steroid dienone is 1. The number of ether oxygens (including phenoxy) is 1. The van der Waals surface area contributed by atoms with E-state index in [9.17, 15) is 4.79 Å². The molecule has 0 radical (unpaired) electrons. The lowest BCUT2D eigenvalue weighted by Gasteiger charge is -2.19. The molecule has 1 saturated carbocycles. The molecular formula is C12H16N4O2. The molecule has 6 heteroatoms. The van der Waals surface area contributed by atoms with Crippen molar-refractivity contribution in [2.24, 2.45) is 0 Å².